The maximum atomic E-state index is 13.0. The van der Waals surface area contributed by atoms with E-state index in [1.807, 2.05) is 12.1 Å². The van der Waals surface area contributed by atoms with E-state index in [1.165, 1.54) is 10.5 Å². The number of nitrogens with zero attached hydrogens (tertiary/aromatic N) is 4. The molecule has 1 aliphatic heterocycles. The topological polar surface area (TPSA) is 90.1 Å². The van der Waals surface area contributed by atoms with Gasteiger partial charge >= 0.3 is 0 Å². The van der Waals surface area contributed by atoms with Gasteiger partial charge < -0.3 is 14.6 Å². The molecule has 0 radical (unpaired) electrons. The number of fused-ring (bicyclic) bond motifs is 1. The lowest BCUT2D eigenvalue weighted by molar-refractivity contribution is -0.914. The minimum Gasteiger partial charge on any atom is -0.383 e. The predicted molar refractivity (Wildman–Crippen MR) is 105 cm³/mol. The molecule has 1 aromatic carbocycles. The number of aryl methyl sites for hydroxylation is 1. The van der Waals surface area contributed by atoms with Crippen LogP contribution in [0.25, 0.3) is 10.9 Å². The Morgan fingerprint density at radius 1 is 1.29 bits per heavy atom. The molecule has 0 amide bonds. The number of hydrogen-bond donors (Lipinski definition) is 2. The highest BCUT2D eigenvalue weighted by Gasteiger charge is 2.35. The third kappa shape index (κ3) is 3.57. The first-order valence-corrected chi connectivity index (χ1v) is 9.96. The lowest BCUT2D eigenvalue weighted by Crippen LogP contribution is -3.10. The first-order chi connectivity index (χ1) is 13.7. The van der Waals surface area contributed by atoms with E-state index in [9.17, 15) is 4.79 Å². The highest BCUT2D eigenvalue weighted by molar-refractivity contribution is 5.79. The highest BCUT2D eigenvalue weighted by Crippen LogP contribution is 2.20. The zero-order valence-electron chi connectivity index (χ0n) is 16.4. The Balaban J connectivity index is 1.84. The van der Waals surface area contributed by atoms with E-state index in [1.54, 1.807) is 11.8 Å². The summed E-state index contributed by atoms with van der Waals surface area (Å²) in [6, 6.07) is 8.04. The van der Waals surface area contributed by atoms with Gasteiger partial charge in [-0.25, -0.2) is 4.68 Å². The molecule has 4 rings (SSSR count). The Labute approximate surface area is 163 Å². The Bertz CT molecular complexity index is 1010. The smallest absolute Gasteiger partial charge is 0.258 e. The van der Waals surface area contributed by atoms with Crippen LogP contribution in [0.5, 0.6) is 0 Å². The molecule has 28 heavy (non-hydrogen) atoms. The molecule has 2 N–H and O–H groups in total. The van der Waals surface area contributed by atoms with Crippen molar-refractivity contribution in [3.63, 3.8) is 0 Å². The molecule has 0 aliphatic carbocycles. The number of hydrogen-bond acceptors (Lipinski definition) is 5. The van der Waals surface area contributed by atoms with Gasteiger partial charge in [-0.05, 0) is 46.0 Å². The molecule has 0 unspecified atom stereocenters. The summed E-state index contributed by atoms with van der Waals surface area (Å²) in [6.07, 6.45) is 3.26. The Kier molecular flexibility index (Phi) is 5.50. The molecule has 1 aliphatic rings. The number of methoxy groups -OCH3 is 1. The first-order valence-electron chi connectivity index (χ1n) is 9.96. The molecule has 8 nitrogen and oxygen atoms in total. The third-order valence-electron chi connectivity index (χ3n) is 5.64. The second kappa shape index (κ2) is 8.20. The number of aromatic nitrogens is 5. The van der Waals surface area contributed by atoms with Gasteiger partial charge in [0.05, 0.1) is 31.8 Å². The van der Waals surface area contributed by atoms with Crippen LogP contribution in [0.2, 0.25) is 0 Å². The lowest BCUT2D eigenvalue weighted by Gasteiger charge is -2.23. The molecule has 2 aromatic heterocycles. The molecular weight excluding hydrogens is 356 g/mol. The van der Waals surface area contributed by atoms with E-state index in [-0.39, 0.29) is 11.6 Å². The quantitative estimate of drug-likeness (QED) is 0.620. The number of rotatable bonds is 7. The number of aromatic amines is 1. The van der Waals surface area contributed by atoms with Gasteiger partial charge in [0, 0.05) is 25.5 Å². The second-order valence-electron chi connectivity index (χ2n) is 7.38. The zero-order chi connectivity index (χ0) is 19.5. The van der Waals surface area contributed by atoms with Gasteiger partial charge in [-0.3, -0.25) is 4.79 Å². The molecule has 0 spiro atoms. The van der Waals surface area contributed by atoms with Crippen molar-refractivity contribution in [3.8, 4) is 0 Å². The maximum Gasteiger partial charge on any atom is 0.258 e. The SMILES string of the molecule is CCc1ccc2[nH]c(=O)c([C@H](c3nnnn3CCOC)[NH+]3CCCC3)cc2c1. The largest absolute Gasteiger partial charge is 0.383 e. The number of H-pyrrole nitrogens is 1. The van der Waals surface area contributed by atoms with E-state index in [4.69, 9.17) is 4.74 Å². The predicted octanol–water partition coefficient (Wildman–Crippen LogP) is 0.492. The molecule has 1 fully saturated rings. The minimum atomic E-state index is -0.187. The minimum absolute atomic E-state index is 0.0672. The van der Waals surface area contributed by atoms with Crippen LogP contribution in [0.4, 0.5) is 0 Å². The van der Waals surface area contributed by atoms with Gasteiger partial charge in [-0.1, -0.05) is 13.0 Å². The molecular formula is C20H27N6O2+. The molecule has 3 heterocycles. The Morgan fingerprint density at radius 3 is 2.86 bits per heavy atom. The number of benzene rings is 1. The van der Waals surface area contributed by atoms with Crippen molar-refractivity contribution in [2.75, 3.05) is 26.8 Å². The normalized spacial score (nSPS) is 16.1. The summed E-state index contributed by atoms with van der Waals surface area (Å²) in [4.78, 5) is 17.4. The summed E-state index contributed by atoms with van der Waals surface area (Å²) in [5.74, 6) is 0.727. The zero-order valence-corrected chi connectivity index (χ0v) is 16.4. The van der Waals surface area contributed by atoms with Crippen molar-refractivity contribution in [1.29, 1.82) is 0 Å². The Hall–Kier alpha value is -2.58. The highest BCUT2D eigenvalue weighted by atomic mass is 16.5. The fraction of sp³-hybridized carbons (Fsp3) is 0.500. The van der Waals surface area contributed by atoms with Crippen molar-refractivity contribution in [2.45, 2.75) is 38.8 Å². The van der Waals surface area contributed by atoms with Crippen LogP contribution in [-0.4, -0.2) is 52.0 Å². The monoisotopic (exact) mass is 383 g/mol. The number of ether oxygens (including phenoxy) is 1. The van der Waals surface area contributed by atoms with Crippen molar-refractivity contribution in [2.24, 2.45) is 0 Å². The van der Waals surface area contributed by atoms with Crippen molar-refractivity contribution < 1.29 is 9.64 Å². The van der Waals surface area contributed by atoms with Gasteiger partial charge in [0.15, 0.2) is 6.04 Å². The van der Waals surface area contributed by atoms with E-state index in [2.05, 4.69) is 39.6 Å². The standard InChI is InChI=1S/C20H26N6O2/c1-3-14-6-7-17-15(12-14)13-16(20(27)21-17)18(25-8-4-5-9-25)19-22-23-24-26(19)10-11-28-2/h6-7,12-13,18H,3-5,8-11H2,1-2H3,(H,21,27)/p+1/t18-/m1/s1. The summed E-state index contributed by atoms with van der Waals surface area (Å²) in [7, 11) is 1.66. The fourth-order valence-electron chi connectivity index (χ4n) is 4.12. The van der Waals surface area contributed by atoms with Gasteiger partial charge in [-0.2, -0.15) is 0 Å². The van der Waals surface area contributed by atoms with E-state index in [0.717, 1.165) is 54.6 Å². The third-order valence-corrected chi connectivity index (χ3v) is 5.64. The number of likely N-dealkylation sites (tertiary alicyclic amines) is 1. The summed E-state index contributed by atoms with van der Waals surface area (Å²) < 4.78 is 6.97. The van der Waals surface area contributed by atoms with Gasteiger partial charge in [0.1, 0.15) is 0 Å². The van der Waals surface area contributed by atoms with Crippen LogP contribution >= 0.6 is 0 Å². The maximum absolute atomic E-state index is 13.0. The molecule has 3 aromatic rings. The summed E-state index contributed by atoms with van der Waals surface area (Å²) in [5.41, 5.74) is 2.77. The average molecular weight is 383 g/mol. The van der Waals surface area contributed by atoms with E-state index in [0.29, 0.717) is 13.2 Å². The van der Waals surface area contributed by atoms with Crippen molar-refractivity contribution in [1.82, 2.24) is 25.2 Å². The molecule has 148 valence electrons. The molecule has 1 atom stereocenters. The van der Waals surface area contributed by atoms with Crippen LogP contribution in [0, 0.1) is 0 Å². The fourth-order valence-corrected chi connectivity index (χ4v) is 4.12. The van der Waals surface area contributed by atoms with E-state index < -0.39 is 0 Å². The number of nitrogens with one attached hydrogen (secondary N) is 2. The summed E-state index contributed by atoms with van der Waals surface area (Å²) >= 11 is 0. The number of tetrazole rings is 1. The van der Waals surface area contributed by atoms with E-state index >= 15 is 0 Å². The van der Waals surface area contributed by atoms with Crippen LogP contribution in [0.1, 0.15) is 42.8 Å². The second-order valence-corrected chi connectivity index (χ2v) is 7.38. The number of quaternary nitrogens is 1. The van der Waals surface area contributed by atoms with Crippen LogP contribution < -0.4 is 10.5 Å². The summed E-state index contributed by atoms with van der Waals surface area (Å²) in [6.45, 7) is 5.24. The van der Waals surface area contributed by atoms with Crippen LogP contribution in [0.3, 0.4) is 0 Å². The summed E-state index contributed by atoms with van der Waals surface area (Å²) in [5, 5.41) is 13.4. The van der Waals surface area contributed by atoms with Crippen molar-refractivity contribution >= 4 is 10.9 Å². The van der Waals surface area contributed by atoms with Gasteiger partial charge in [0.25, 0.3) is 5.56 Å². The molecule has 8 heteroatoms. The van der Waals surface area contributed by atoms with Crippen molar-refractivity contribution in [3.05, 3.63) is 51.6 Å². The first kappa shape index (κ1) is 18.8. The molecule has 0 bridgehead atoms. The van der Waals surface area contributed by atoms with Crippen LogP contribution in [-0.2, 0) is 17.7 Å². The van der Waals surface area contributed by atoms with Gasteiger partial charge in [-0.15, -0.1) is 5.10 Å². The number of pyridine rings is 1. The lowest BCUT2D eigenvalue weighted by atomic mass is 10.0. The van der Waals surface area contributed by atoms with Crippen LogP contribution in [0.15, 0.2) is 29.1 Å². The Morgan fingerprint density at radius 2 is 2.11 bits per heavy atom. The average Bonchev–Trinajstić information content (AvgIpc) is 3.39. The van der Waals surface area contributed by atoms with Gasteiger partial charge in [0.2, 0.25) is 5.82 Å². The molecule has 0 saturated carbocycles. The molecule has 1 saturated heterocycles.